The molecule has 0 radical (unpaired) electrons. The van der Waals surface area contributed by atoms with Gasteiger partial charge in [0, 0.05) is 6.20 Å². The number of nitrogens with zero attached hydrogens (tertiary/aromatic N) is 2. The zero-order chi connectivity index (χ0) is 17.1. The third-order valence-electron chi connectivity index (χ3n) is 2.60. The first kappa shape index (κ1) is 16.7. The number of rotatable bonds is 4. The van der Waals surface area contributed by atoms with Gasteiger partial charge in [-0.1, -0.05) is 0 Å². The van der Waals surface area contributed by atoms with Gasteiger partial charge in [-0.2, -0.15) is 13.2 Å². The molecule has 0 saturated carbocycles. The number of hydrazine groups is 1. The van der Waals surface area contributed by atoms with Crippen molar-refractivity contribution < 1.29 is 26.4 Å². The molecule has 1 aromatic carbocycles. The number of hydrogen-bond acceptors (Lipinski definition) is 6. The second-order valence-electron chi connectivity index (χ2n) is 4.15. The Labute approximate surface area is 128 Å². The summed E-state index contributed by atoms with van der Waals surface area (Å²) in [5, 5.41) is 0. The Morgan fingerprint density at radius 2 is 1.74 bits per heavy atom. The van der Waals surface area contributed by atoms with Crippen molar-refractivity contribution in [1.82, 2.24) is 15.4 Å². The van der Waals surface area contributed by atoms with Crippen LogP contribution < -0.4 is 10.9 Å². The van der Waals surface area contributed by atoms with Crippen molar-refractivity contribution in [3.05, 3.63) is 48.5 Å². The van der Waals surface area contributed by atoms with E-state index in [2.05, 4.69) is 20.8 Å². The van der Waals surface area contributed by atoms with Crippen LogP contribution in [0.3, 0.4) is 0 Å². The first-order valence-electron chi connectivity index (χ1n) is 5.95. The number of aromatic nitrogens is 2. The van der Waals surface area contributed by atoms with Crippen LogP contribution in [0.4, 0.5) is 18.9 Å². The van der Waals surface area contributed by atoms with Crippen LogP contribution >= 0.6 is 0 Å². The summed E-state index contributed by atoms with van der Waals surface area (Å²) < 4.78 is 59.5. The number of anilines is 1. The largest absolute Gasteiger partial charge is 0.501 e. The van der Waals surface area contributed by atoms with Gasteiger partial charge in [-0.15, -0.1) is 0 Å². The maximum atomic E-state index is 12.4. The lowest BCUT2D eigenvalue weighted by Gasteiger charge is -2.10. The third kappa shape index (κ3) is 3.74. The summed E-state index contributed by atoms with van der Waals surface area (Å²) in [6, 6.07) is 5.08. The molecule has 2 N–H and O–H groups in total. The predicted octanol–water partition coefficient (Wildman–Crippen LogP) is 1.53. The molecule has 0 aliphatic rings. The number of carbonyl (C=O) groups is 1. The topological polar surface area (TPSA) is 101 Å². The van der Waals surface area contributed by atoms with Crippen LogP contribution in [0.1, 0.15) is 10.5 Å². The van der Waals surface area contributed by atoms with Gasteiger partial charge < -0.3 is 0 Å². The lowest BCUT2D eigenvalue weighted by molar-refractivity contribution is -0.0436. The molecule has 1 amide bonds. The van der Waals surface area contributed by atoms with E-state index in [9.17, 15) is 26.4 Å². The Morgan fingerprint density at radius 1 is 1.09 bits per heavy atom. The highest BCUT2D eigenvalue weighted by Crippen LogP contribution is 2.30. The van der Waals surface area contributed by atoms with Crippen molar-refractivity contribution in [3.63, 3.8) is 0 Å². The van der Waals surface area contributed by atoms with Crippen LogP contribution in [-0.4, -0.2) is 29.8 Å². The number of carbonyl (C=O) groups excluding carboxylic acids is 1. The second-order valence-corrected chi connectivity index (χ2v) is 6.09. The zero-order valence-electron chi connectivity index (χ0n) is 11.2. The first-order valence-corrected chi connectivity index (χ1v) is 7.44. The molecule has 0 aliphatic heterocycles. The van der Waals surface area contributed by atoms with E-state index < -0.39 is 26.1 Å². The average Bonchev–Trinajstić information content (AvgIpc) is 2.53. The lowest BCUT2D eigenvalue weighted by atomic mass is 10.3. The van der Waals surface area contributed by atoms with Gasteiger partial charge in [-0.25, -0.2) is 18.4 Å². The molecule has 0 saturated heterocycles. The van der Waals surface area contributed by atoms with Crippen molar-refractivity contribution in [3.8, 4) is 0 Å². The second kappa shape index (κ2) is 6.20. The summed E-state index contributed by atoms with van der Waals surface area (Å²) in [4.78, 5) is 18.1. The fourth-order valence-corrected chi connectivity index (χ4v) is 2.23. The molecule has 0 spiro atoms. The van der Waals surface area contributed by atoms with Crippen molar-refractivity contribution >= 4 is 21.4 Å². The minimum atomic E-state index is -5.40. The fourth-order valence-electron chi connectivity index (χ4n) is 1.47. The van der Waals surface area contributed by atoms with E-state index in [4.69, 9.17) is 0 Å². The van der Waals surface area contributed by atoms with Gasteiger partial charge in [0.05, 0.1) is 10.6 Å². The Bertz CT molecular complexity index is 793. The monoisotopic (exact) mass is 346 g/mol. The van der Waals surface area contributed by atoms with Gasteiger partial charge in [0.25, 0.3) is 15.7 Å². The van der Waals surface area contributed by atoms with E-state index in [1.165, 1.54) is 18.6 Å². The number of hydrogen-bond donors (Lipinski definition) is 2. The lowest BCUT2D eigenvalue weighted by Crippen LogP contribution is -2.30. The molecule has 0 bridgehead atoms. The molecule has 2 aromatic rings. The maximum absolute atomic E-state index is 12.4. The van der Waals surface area contributed by atoms with Crippen LogP contribution in [0.15, 0.2) is 47.8 Å². The maximum Gasteiger partial charge on any atom is 0.501 e. The normalized spacial score (nSPS) is 11.8. The van der Waals surface area contributed by atoms with Gasteiger partial charge in [-0.3, -0.25) is 15.6 Å². The highest BCUT2D eigenvalue weighted by Gasteiger charge is 2.46. The Balaban J connectivity index is 2.05. The van der Waals surface area contributed by atoms with E-state index in [-0.39, 0.29) is 11.4 Å². The molecule has 0 unspecified atom stereocenters. The van der Waals surface area contributed by atoms with Gasteiger partial charge in [0.1, 0.15) is 12.0 Å². The summed E-state index contributed by atoms with van der Waals surface area (Å²) in [7, 11) is -5.40. The summed E-state index contributed by atoms with van der Waals surface area (Å²) in [6.07, 6.45) is 2.53. The zero-order valence-corrected chi connectivity index (χ0v) is 12.0. The molecule has 1 aromatic heterocycles. The van der Waals surface area contributed by atoms with Gasteiger partial charge in [0.2, 0.25) is 0 Å². The Morgan fingerprint density at radius 3 is 2.26 bits per heavy atom. The van der Waals surface area contributed by atoms with Crippen LogP contribution in [0.2, 0.25) is 0 Å². The molecule has 0 fully saturated rings. The van der Waals surface area contributed by atoms with Crippen LogP contribution in [0.5, 0.6) is 0 Å². The molecule has 23 heavy (non-hydrogen) atoms. The molecular weight excluding hydrogens is 337 g/mol. The smallest absolute Gasteiger partial charge is 0.298 e. The fraction of sp³-hybridized carbons (Fsp3) is 0.0833. The number of halogens is 3. The molecule has 1 heterocycles. The highest BCUT2D eigenvalue weighted by atomic mass is 32.2. The quantitative estimate of drug-likeness (QED) is 0.814. The molecule has 0 aliphatic carbocycles. The molecule has 7 nitrogen and oxygen atoms in total. The van der Waals surface area contributed by atoms with E-state index in [1.807, 2.05) is 0 Å². The number of sulfone groups is 1. The number of amides is 1. The van der Waals surface area contributed by atoms with Gasteiger partial charge in [0.15, 0.2) is 0 Å². The average molecular weight is 346 g/mol. The van der Waals surface area contributed by atoms with Gasteiger partial charge in [-0.05, 0) is 30.3 Å². The summed E-state index contributed by atoms with van der Waals surface area (Å²) >= 11 is 0. The standard InChI is InChI=1S/C12H9F3N4O3S/c13-12(14,15)23(21,22)9-3-1-8(2-4-9)18-19-11(20)10-5-6-16-7-17-10/h1-7,18H,(H,19,20). The number of nitrogens with one attached hydrogen (secondary N) is 2. The van der Waals surface area contributed by atoms with Gasteiger partial charge >= 0.3 is 5.51 Å². The Hall–Kier alpha value is -2.69. The first-order chi connectivity index (χ1) is 10.7. The minimum absolute atomic E-state index is 0.0729. The van der Waals surface area contributed by atoms with Crippen molar-refractivity contribution in [1.29, 1.82) is 0 Å². The SMILES string of the molecule is O=C(NNc1ccc(S(=O)(=O)C(F)(F)F)cc1)c1ccncn1. The summed E-state index contributed by atoms with van der Waals surface area (Å²) in [5.74, 6) is -0.598. The van der Waals surface area contributed by atoms with Crippen molar-refractivity contribution in [2.24, 2.45) is 0 Å². The molecule has 2 rings (SSSR count). The number of benzene rings is 1. The molecule has 0 atom stereocenters. The van der Waals surface area contributed by atoms with Crippen LogP contribution in [0, 0.1) is 0 Å². The Kier molecular flexibility index (Phi) is 4.50. The van der Waals surface area contributed by atoms with E-state index >= 15 is 0 Å². The highest BCUT2D eigenvalue weighted by molar-refractivity contribution is 7.92. The summed E-state index contributed by atoms with van der Waals surface area (Å²) in [6.45, 7) is 0. The number of alkyl halides is 3. The van der Waals surface area contributed by atoms with E-state index in [0.29, 0.717) is 0 Å². The van der Waals surface area contributed by atoms with Crippen molar-refractivity contribution in [2.45, 2.75) is 10.4 Å². The summed E-state index contributed by atoms with van der Waals surface area (Å²) in [5.41, 5.74) is -0.433. The third-order valence-corrected chi connectivity index (χ3v) is 4.11. The minimum Gasteiger partial charge on any atom is -0.298 e. The van der Waals surface area contributed by atoms with E-state index in [1.54, 1.807) is 0 Å². The predicted molar refractivity (Wildman–Crippen MR) is 72.8 cm³/mol. The van der Waals surface area contributed by atoms with E-state index in [0.717, 1.165) is 24.3 Å². The van der Waals surface area contributed by atoms with Crippen molar-refractivity contribution in [2.75, 3.05) is 5.43 Å². The van der Waals surface area contributed by atoms with Crippen LogP contribution in [-0.2, 0) is 9.84 Å². The van der Waals surface area contributed by atoms with Crippen LogP contribution in [0.25, 0.3) is 0 Å². The molecule has 122 valence electrons. The molecule has 11 heteroatoms. The molecular formula is C12H9F3N4O3S.